The van der Waals surface area contributed by atoms with Gasteiger partial charge >= 0.3 is 0 Å². The van der Waals surface area contributed by atoms with Gasteiger partial charge in [-0.2, -0.15) is 0 Å². The predicted octanol–water partition coefficient (Wildman–Crippen LogP) is 15.4. The van der Waals surface area contributed by atoms with Gasteiger partial charge in [0, 0.05) is 22.5 Å². The SMILES string of the molecule is CCC1(CC)c2cc(/C=C/c3ccc(-c4ccc(-c5ccccc5)cc4)cc3)ccc2-c2ccc(-c3ccc(N(c4ccccc4)c4ccccc4)cc3)cc21. The minimum absolute atomic E-state index is 0.0282. The number of hydrogen-bond acceptors (Lipinski definition) is 1. The lowest BCUT2D eigenvalue weighted by molar-refractivity contribution is 0.490. The second kappa shape index (κ2) is 15.2. The number of rotatable bonds is 10. The largest absolute Gasteiger partial charge is 0.311 e. The van der Waals surface area contributed by atoms with Gasteiger partial charge in [0.05, 0.1) is 0 Å². The van der Waals surface area contributed by atoms with Crippen LogP contribution in [-0.4, -0.2) is 0 Å². The molecule has 0 spiro atoms. The van der Waals surface area contributed by atoms with E-state index in [4.69, 9.17) is 0 Å². The third-order valence-electron chi connectivity index (χ3n) is 11.8. The maximum Gasteiger partial charge on any atom is 0.0462 e. The second-order valence-corrected chi connectivity index (χ2v) is 14.8. The first-order chi connectivity index (χ1) is 27.6. The van der Waals surface area contributed by atoms with Crippen molar-refractivity contribution < 1.29 is 0 Å². The summed E-state index contributed by atoms with van der Waals surface area (Å²) in [5, 5.41) is 0. The molecule has 8 aromatic carbocycles. The Morgan fingerprint density at radius 3 is 1.29 bits per heavy atom. The van der Waals surface area contributed by atoms with Crippen molar-refractivity contribution in [1.82, 2.24) is 0 Å². The zero-order chi connectivity index (χ0) is 37.9. The molecule has 0 radical (unpaired) electrons. The highest BCUT2D eigenvalue weighted by atomic mass is 15.1. The number of para-hydroxylation sites is 2. The highest BCUT2D eigenvalue weighted by molar-refractivity contribution is 5.86. The molecule has 1 aliphatic carbocycles. The molecule has 0 saturated carbocycles. The van der Waals surface area contributed by atoms with Crippen LogP contribution >= 0.6 is 0 Å². The number of benzene rings is 8. The first-order valence-corrected chi connectivity index (χ1v) is 19.9. The normalized spacial score (nSPS) is 12.7. The molecule has 0 atom stereocenters. The van der Waals surface area contributed by atoms with E-state index in [0.717, 1.165) is 29.9 Å². The van der Waals surface area contributed by atoms with Crippen LogP contribution in [0.5, 0.6) is 0 Å². The van der Waals surface area contributed by atoms with Crippen LogP contribution in [0.15, 0.2) is 200 Å². The third-order valence-corrected chi connectivity index (χ3v) is 11.8. The van der Waals surface area contributed by atoms with E-state index < -0.39 is 0 Å². The minimum Gasteiger partial charge on any atom is -0.311 e. The molecular weight excluding hydrogens is 675 g/mol. The van der Waals surface area contributed by atoms with Crippen LogP contribution < -0.4 is 4.90 Å². The van der Waals surface area contributed by atoms with Gasteiger partial charge in [0.1, 0.15) is 0 Å². The van der Waals surface area contributed by atoms with Gasteiger partial charge in [-0.15, -0.1) is 0 Å². The van der Waals surface area contributed by atoms with Crippen molar-refractivity contribution in [3.8, 4) is 44.5 Å². The molecule has 0 N–H and O–H groups in total. The summed E-state index contributed by atoms with van der Waals surface area (Å²) < 4.78 is 0. The molecule has 1 heteroatoms. The summed E-state index contributed by atoms with van der Waals surface area (Å²) in [7, 11) is 0. The number of fused-ring (bicyclic) bond motifs is 3. The smallest absolute Gasteiger partial charge is 0.0462 e. The fourth-order valence-corrected chi connectivity index (χ4v) is 8.68. The molecule has 8 aromatic rings. The molecule has 0 fully saturated rings. The number of hydrogen-bond donors (Lipinski definition) is 0. The lowest BCUT2D eigenvalue weighted by Crippen LogP contribution is -2.23. The van der Waals surface area contributed by atoms with Gasteiger partial charge in [-0.3, -0.25) is 0 Å². The molecule has 0 aromatic heterocycles. The van der Waals surface area contributed by atoms with E-state index in [1.54, 1.807) is 0 Å². The van der Waals surface area contributed by atoms with Crippen LogP contribution in [0, 0.1) is 0 Å². The van der Waals surface area contributed by atoms with E-state index in [-0.39, 0.29) is 5.41 Å². The van der Waals surface area contributed by atoms with Crippen molar-refractivity contribution in [2.75, 3.05) is 4.90 Å². The summed E-state index contributed by atoms with van der Waals surface area (Å²) in [6, 6.07) is 72.7. The zero-order valence-corrected chi connectivity index (χ0v) is 32.1. The molecule has 1 aliphatic rings. The van der Waals surface area contributed by atoms with Crippen molar-refractivity contribution in [3.05, 3.63) is 222 Å². The van der Waals surface area contributed by atoms with E-state index in [2.05, 4.69) is 231 Å². The summed E-state index contributed by atoms with van der Waals surface area (Å²) >= 11 is 0. The Kier molecular flexibility index (Phi) is 9.51. The Labute approximate surface area is 331 Å². The first kappa shape index (κ1) is 35.0. The van der Waals surface area contributed by atoms with Crippen molar-refractivity contribution in [1.29, 1.82) is 0 Å². The predicted molar refractivity (Wildman–Crippen MR) is 240 cm³/mol. The van der Waals surface area contributed by atoms with E-state index in [1.165, 1.54) is 66.8 Å². The molecule has 1 nitrogen and oxygen atoms in total. The van der Waals surface area contributed by atoms with Gasteiger partial charge in [-0.1, -0.05) is 184 Å². The minimum atomic E-state index is -0.0282. The molecule has 0 saturated heterocycles. The lowest BCUT2D eigenvalue weighted by Gasteiger charge is -2.30. The van der Waals surface area contributed by atoms with Crippen LogP contribution in [0.4, 0.5) is 17.1 Å². The van der Waals surface area contributed by atoms with E-state index in [0.29, 0.717) is 0 Å². The lowest BCUT2D eigenvalue weighted by atomic mass is 9.73. The van der Waals surface area contributed by atoms with Crippen molar-refractivity contribution in [3.63, 3.8) is 0 Å². The summed E-state index contributed by atoms with van der Waals surface area (Å²) in [6.45, 7) is 4.70. The first-order valence-electron chi connectivity index (χ1n) is 19.9. The third kappa shape index (κ3) is 6.56. The Balaban J connectivity index is 0.960. The fraction of sp³-hybridized carbons (Fsp3) is 0.0909. The monoisotopic (exact) mass is 719 g/mol. The van der Waals surface area contributed by atoms with E-state index >= 15 is 0 Å². The average Bonchev–Trinajstić information content (AvgIpc) is 3.55. The molecule has 0 aliphatic heterocycles. The van der Waals surface area contributed by atoms with Crippen LogP contribution in [-0.2, 0) is 5.41 Å². The Morgan fingerprint density at radius 1 is 0.357 bits per heavy atom. The van der Waals surface area contributed by atoms with Crippen molar-refractivity contribution >= 4 is 29.2 Å². The maximum atomic E-state index is 2.47. The molecule has 0 unspecified atom stereocenters. The van der Waals surface area contributed by atoms with Gasteiger partial charge in [-0.05, 0) is 122 Å². The topological polar surface area (TPSA) is 3.24 Å². The van der Waals surface area contributed by atoms with Gasteiger partial charge in [0.2, 0.25) is 0 Å². The van der Waals surface area contributed by atoms with E-state index in [1.807, 2.05) is 0 Å². The summed E-state index contributed by atoms with van der Waals surface area (Å²) in [4.78, 5) is 2.31. The highest BCUT2D eigenvalue weighted by Crippen LogP contribution is 2.54. The van der Waals surface area contributed by atoms with Gasteiger partial charge in [-0.25, -0.2) is 0 Å². The second-order valence-electron chi connectivity index (χ2n) is 14.8. The summed E-state index contributed by atoms with van der Waals surface area (Å²) in [6.07, 6.45) is 6.61. The standard InChI is InChI=1S/C55H45N/c1-3-55(4-2)53-38-41(21-20-40-22-25-43(26-23-40)45-29-27-44(28-30-45)42-14-8-5-9-15-42)24-36-51(53)52-37-33-47(39-54(52)55)46-31-34-50(35-32-46)56(48-16-10-6-11-17-48)49-18-12-7-13-19-49/h5-39H,3-4H2,1-2H3/b21-20+. The average molecular weight is 720 g/mol. The van der Waals surface area contributed by atoms with Crippen LogP contribution in [0.25, 0.3) is 56.7 Å². The number of nitrogens with zero attached hydrogens (tertiary/aromatic N) is 1. The van der Waals surface area contributed by atoms with Gasteiger partial charge in [0.25, 0.3) is 0 Å². The highest BCUT2D eigenvalue weighted by Gasteiger charge is 2.40. The molecule has 9 rings (SSSR count). The Hall–Kier alpha value is -6.70. The fourth-order valence-electron chi connectivity index (χ4n) is 8.68. The van der Waals surface area contributed by atoms with Gasteiger partial charge < -0.3 is 4.90 Å². The maximum absolute atomic E-state index is 2.47. The molecule has 56 heavy (non-hydrogen) atoms. The molecule has 0 heterocycles. The van der Waals surface area contributed by atoms with Crippen LogP contribution in [0.3, 0.4) is 0 Å². The Morgan fingerprint density at radius 2 is 0.732 bits per heavy atom. The van der Waals surface area contributed by atoms with Crippen molar-refractivity contribution in [2.45, 2.75) is 32.1 Å². The summed E-state index contributed by atoms with van der Waals surface area (Å²) in [5.74, 6) is 0. The van der Waals surface area contributed by atoms with Crippen LogP contribution in [0.2, 0.25) is 0 Å². The zero-order valence-electron chi connectivity index (χ0n) is 32.1. The van der Waals surface area contributed by atoms with Gasteiger partial charge in [0.15, 0.2) is 0 Å². The molecule has 270 valence electrons. The molecule has 0 bridgehead atoms. The van der Waals surface area contributed by atoms with Crippen molar-refractivity contribution in [2.24, 2.45) is 0 Å². The van der Waals surface area contributed by atoms with E-state index in [9.17, 15) is 0 Å². The Bertz CT molecular complexity index is 2560. The molecular formula is C55H45N. The summed E-state index contributed by atoms with van der Waals surface area (Å²) in [5.41, 5.74) is 18.9. The number of anilines is 3. The molecule has 0 amide bonds. The van der Waals surface area contributed by atoms with Crippen LogP contribution in [0.1, 0.15) is 48.9 Å². The quantitative estimate of drug-likeness (QED) is 0.127.